The second-order valence-corrected chi connectivity index (χ2v) is 5.95. The minimum Gasteiger partial charge on any atom is -0.444 e. The van der Waals surface area contributed by atoms with Gasteiger partial charge in [0.15, 0.2) is 6.29 Å². The zero-order valence-electron chi connectivity index (χ0n) is 13.0. The molecule has 0 aliphatic rings. The molecule has 1 aromatic carbocycles. The summed E-state index contributed by atoms with van der Waals surface area (Å²) in [6.45, 7) is 5.85. The fourth-order valence-electron chi connectivity index (χ4n) is 2.02. The molecule has 0 radical (unpaired) electrons. The molecule has 0 fully saturated rings. The topological polar surface area (TPSA) is 71.2 Å². The van der Waals surface area contributed by atoms with Crippen LogP contribution in [0.15, 0.2) is 30.5 Å². The lowest BCUT2D eigenvalue weighted by molar-refractivity contribution is 0.0534. The van der Waals surface area contributed by atoms with Crippen LogP contribution < -0.4 is 5.32 Å². The van der Waals surface area contributed by atoms with Crippen LogP contribution in [0.4, 0.5) is 4.79 Å². The van der Waals surface area contributed by atoms with E-state index in [1.165, 1.54) is 0 Å². The third-order valence-corrected chi connectivity index (χ3v) is 2.94. The summed E-state index contributed by atoms with van der Waals surface area (Å²) in [5.74, 6) is 0. The zero-order valence-corrected chi connectivity index (χ0v) is 13.0. The summed E-state index contributed by atoms with van der Waals surface area (Å²) in [7, 11) is 0. The number of rotatable bonds is 4. The van der Waals surface area contributed by atoms with Gasteiger partial charge in [0.1, 0.15) is 5.60 Å². The number of aromatic nitrogens is 1. The maximum atomic E-state index is 11.5. The lowest BCUT2D eigenvalue weighted by Crippen LogP contribution is -2.32. The molecule has 1 heterocycles. The average Bonchev–Trinajstić information content (AvgIpc) is 2.84. The number of nitrogens with one attached hydrogen (secondary N) is 2. The number of amides is 1. The predicted molar refractivity (Wildman–Crippen MR) is 87.0 cm³/mol. The second kappa shape index (κ2) is 6.47. The van der Waals surface area contributed by atoms with E-state index in [1.807, 2.05) is 51.1 Å². The van der Waals surface area contributed by atoms with Gasteiger partial charge in [-0.25, -0.2) is 4.79 Å². The Kier molecular flexibility index (Phi) is 4.65. The lowest BCUT2D eigenvalue weighted by Gasteiger charge is -2.19. The van der Waals surface area contributed by atoms with Crippen molar-refractivity contribution in [1.29, 1.82) is 0 Å². The Balaban J connectivity index is 1.93. The number of alkyl carbamates (subject to hydrolysis) is 1. The van der Waals surface area contributed by atoms with Gasteiger partial charge < -0.3 is 15.0 Å². The van der Waals surface area contributed by atoms with Crippen LogP contribution in [0.5, 0.6) is 0 Å². The molecule has 22 heavy (non-hydrogen) atoms. The van der Waals surface area contributed by atoms with Gasteiger partial charge in [0.05, 0.1) is 0 Å². The minimum absolute atomic E-state index is 0.386. The fourth-order valence-corrected chi connectivity index (χ4v) is 2.02. The Morgan fingerprint density at radius 3 is 2.82 bits per heavy atom. The van der Waals surface area contributed by atoms with Gasteiger partial charge in [0, 0.05) is 29.2 Å². The van der Waals surface area contributed by atoms with Gasteiger partial charge in [-0.2, -0.15) is 0 Å². The molecular weight excluding hydrogens is 280 g/mol. The molecule has 116 valence electrons. The molecule has 5 nitrogen and oxygen atoms in total. The van der Waals surface area contributed by atoms with Crippen molar-refractivity contribution in [3.63, 3.8) is 0 Å². The number of carbonyl (C=O) groups is 2. The number of hydrogen-bond acceptors (Lipinski definition) is 3. The quantitative estimate of drug-likeness (QED) is 0.849. The van der Waals surface area contributed by atoms with Crippen LogP contribution in [0, 0.1) is 0 Å². The first-order chi connectivity index (χ1) is 10.4. The van der Waals surface area contributed by atoms with E-state index in [9.17, 15) is 9.59 Å². The minimum atomic E-state index is -0.497. The first kappa shape index (κ1) is 15.8. The van der Waals surface area contributed by atoms with E-state index in [2.05, 4.69) is 10.3 Å². The molecule has 0 aliphatic carbocycles. The molecule has 0 unspecified atom stereocenters. The maximum Gasteiger partial charge on any atom is 0.407 e. The Bertz CT molecular complexity index is 708. The molecule has 0 aliphatic heterocycles. The summed E-state index contributed by atoms with van der Waals surface area (Å²) in [4.78, 5) is 25.4. The van der Waals surface area contributed by atoms with Crippen LogP contribution in [0.1, 0.15) is 36.7 Å². The molecular formula is C17H20N2O3. The molecule has 0 saturated heterocycles. The van der Waals surface area contributed by atoms with Crippen LogP contribution in [-0.2, 0) is 4.74 Å². The number of aldehydes is 1. The molecule has 2 rings (SSSR count). The van der Waals surface area contributed by atoms with Gasteiger partial charge in [-0.3, -0.25) is 4.79 Å². The number of aromatic amines is 1. The lowest BCUT2D eigenvalue weighted by atomic mass is 10.1. The molecule has 1 aromatic heterocycles. The second-order valence-electron chi connectivity index (χ2n) is 5.95. The summed E-state index contributed by atoms with van der Waals surface area (Å²) >= 11 is 0. The normalized spacial score (nSPS) is 11.8. The summed E-state index contributed by atoms with van der Waals surface area (Å²) in [5.41, 5.74) is 2.04. The van der Waals surface area contributed by atoms with Crippen LogP contribution in [0.25, 0.3) is 17.0 Å². The van der Waals surface area contributed by atoms with Crippen molar-refractivity contribution in [2.24, 2.45) is 0 Å². The van der Waals surface area contributed by atoms with Crippen molar-refractivity contribution in [1.82, 2.24) is 10.3 Å². The van der Waals surface area contributed by atoms with Gasteiger partial charge in [0.2, 0.25) is 0 Å². The Morgan fingerprint density at radius 1 is 1.36 bits per heavy atom. The predicted octanol–water partition coefficient (Wildman–Crippen LogP) is 3.52. The van der Waals surface area contributed by atoms with Gasteiger partial charge in [-0.05, 0) is 32.4 Å². The highest BCUT2D eigenvalue weighted by Gasteiger charge is 2.14. The number of carbonyl (C=O) groups excluding carboxylic acids is 2. The van der Waals surface area contributed by atoms with Gasteiger partial charge >= 0.3 is 6.09 Å². The van der Waals surface area contributed by atoms with E-state index in [-0.39, 0.29) is 0 Å². The monoisotopic (exact) mass is 300 g/mol. The number of hydrogen-bond donors (Lipinski definition) is 2. The first-order valence-electron chi connectivity index (χ1n) is 7.09. The smallest absolute Gasteiger partial charge is 0.407 e. The summed E-state index contributed by atoms with van der Waals surface area (Å²) < 4.78 is 5.14. The van der Waals surface area contributed by atoms with Gasteiger partial charge in [-0.1, -0.05) is 24.3 Å². The van der Waals surface area contributed by atoms with Crippen molar-refractivity contribution < 1.29 is 14.3 Å². The largest absolute Gasteiger partial charge is 0.444 e. The highest BCUT2D eigenvalue weighted by atomic mass is 16.6. The van der Waals surface area contributed by atoms with E-state index in [0.29, 0.717) is 12.1 Å². The molecule has 0 bridgehead atoms. The average molecular weight is 300 g/mol. The molecule has 0 atom stereocenters. The Labute approximate surface area is 129 Å². The molecule has 0 spiro atoms. The van der Waals surface area contributed by atoms with Crippen LogP contribution >= 0.6 is 0 Å². The first-order valence-corrected chi connectivity index (χ1v) is 7.09. The molecule has 1 amide bonds. The van der Waals surface area contributed by atoms with E-state index < -0.39 is 11.7 Å². The molecule has 2 aromatic rings. The van der Waals surface area contributed by atoms with Crippen LogP contribution in [0.2, 0.25) is 0 Å². The number of fused-ring (bicyclic) bond motifs is 1. The van der Waals surface area contributed by atoms with Crippen molar-refractivity contribution in [3.05, 3.63) is 41.6 Å². The third-order valence-electron chi connectivity index (χ3n) is 2.94. The van der Waals surface area contributed by atoms with Crippen molar-refractivity contribution in [3.8, 4) is 0 Å². The summed E-state index contributed by atoms with van der Waals surface area (Å²) in [6.07, 6.45) is 5.83. The highest BCUT2D eigenvalue weighted by molar-refractivity contribution is 5.97. The number of ether oxygens (including phenoxy) is 1. The van der Waals surface area contributed by atoms with Crippen molar-refractivity contribution in [2.75, 3.05) is 6.54 Å². The van der Waals surface area contributed by atoms with Crippen molar-refractivity contribution >= 4 is 29.4 Å². The number of H-pyrrole nitrogens is 1. The standard InChI is InChI=1S/C17H20N2O3/c1-17(2,3)22-16(21)18-8-4-5-12-6-7-14-13(11-20)10-19-15(14)9-12/h4-7,9-11,19H,8H2,1-3H3,(H,18,21). The Hall–Kier alpha value is -2.56. The molecule has 2 N–H and O–H groups in total. The number of benzene rings is 1. The van der Waals surface area contributed by atoms with Gasteiger partial charge in [-0.15, -0.1) is 0 Å². The fraction of sp³-hybridized carbons (Fsp3) is 0.294. The zero-order chi connectivity index (χ0) is 16.2. The van der Waals surface area contributed by atoms with E-state index in [1.54, 1.807) is 6.20 Å². The summed E-state index contributed by atoms with van der Waals surface area (Å²) in [6, 6.07) is 5.77. The third kappa shape index (κ3) is 4.22. The van der Waals surface area contributed by atoms with Gasteiger partial charge in [0.25, 0.3) is 0 Å². The maximum absolute atomic E-state index is 11.5. The molecule has 0 saturated carbocycles. The highest BCUT2D eigenvalue weighted by Crippen LogP contribution is 2.18. The SMILES string of the molecule is CC(C)(C)OC(=O)NCC=Cc1ccc2c(C=O)c[nH]c2c1. The summed E-state index contributed by atoms with van der Waals surface area (Å²) in [5, 5.41) is 3.56. The van der Waals surface area contributed by atoms with Crippen LogP contribution in [0.3, 0.4) is 0 Å². The van der Waals surface area contributed by atoms with E-state index >= 15 is 0 Å². The van der Waals surface area contributed by atoms with Crippen LogP contribution in [-0.4, -0.2) is 29.5 Å². The molecule has 5 heteroatoms. The Morgan fingerprint density at radius 2 is 2.14 bits per heavy atom. The van der Waals surface area contributed by atoms with E-state index in [4.69, 9.17) is 4.74 Å². The van der Waals surface area contributed by atoms with Crippen molar-refractivity contribution in [2.45, 2.75) is 26.4 Å². The van der Waals surface area contributed by atoms with E-state index in [0.717, 1.165) is 22.8 Å².